The van der Waals surface area contributed by atoms with E-state index in [9.17, 15) is 10.1 Å². The molecule has 0 unspecified atom stereocenters. The molecule has 3 rings (SSSR count). The van der Waals surface area contributed by atoms with E-state index in [2.05, 4.69) is 10.3 Å². The summed E-state index contributed by atoms with van der Waals surface area (Å²) in [6.07, 6.45) is 0. The minimum absolute atomic E-state index is 0.0283. The molecular weight excluding hydrogens is 398 g/mol. The van der Waals surface area contributed by atoms with Crippen LogP contribution < -0.4 is 15.8 Å². The molecule has 0 bridgehead atoms. The number of nitrogens with two attached hydrogens (primary N) is 1. The molecule has 0 fully saturated rings. The summed E-state index contributed by atoms with van der Waals surface area (Å²) in [6, 6.07) is 21.6. The van der Waals surface area contributed by atoms with Gasteiger partial charge in [-0.1, -0.05) is 30.0 Å². The lowest BCUT2D eigenvalue weighted by molar-refractivity contribution is -0.115. The number of nitrogen functional groups attached to an aromatic ring is 1. The summed E-state index contributed by atoms with van der Waals surface area (Å²) in [6.45, 7) is 1.70. The molecule has 7 nitrogen and oxygen atoms in total. The van der Waals surface area contributed by atoms with Gasteiger partial charge in [-0.2, -0.15) is 10.5 Å². The Kier molecular flexibility index (Phi) is 6.53. The molecule has 1 amide bonds. The van der Waals surface area contributed by atoms with E-state index < -0.39 is 5.25 Å². The number of carbonyl (C=O) groups excluding carboxylic acids is 1. The Hall–Kier alpha value is -4.01. The number of hydrogen-bond donors (Lipinski definition) is 2. The van der Waals surface area contributed by atoms with Crippen LogP contribution in [0.3, 0.4) is 0 Å². The van der Waals surface area contributed by atoms with Gasteiger partial charge in [0.25, 0.3) is 0 Å². The van der Waals surface area contributed by atoms with Crippen molar-refractivity contribution in [3.05, 3.63) is 71.8 Å². The number of nitrogens with one attached hydrogen (secondary N) is 1. The number of thioether (sulfide) groups is 1. The summed E-state index contributed by atoms with van der Waals surface area (Å²) >= 11 is 1.10. The van der Waals surface area contributed by atoms with E-state index in [1.54, 1.807) is 31.2 Å². The standard InChI is InChI=1S/C22H17N5O2S/c1-14(30-22-16(13-24)11-15(12-23)20(25)27-22)21(28)26-17-7-9-19(10-8-17)29-18-5-3-2-4-6-18/h2-11,14H,1H3,(H2,25,27)(H,26,28)/t14-/m1/s1. The minimum atomic E-state index is -0.544. The molecule has 0 aliphatic carbocycles. The number of nitriles is 2. The lowest BCUT2D eigenvalue weighted by Gasteiger charge is -2.13. The number of amides is 1. The van der Waals surface area contributed by atoms with Crippen molar-refractivity contribution >= 4 is 29.2 Å². The van der Waals surface area contributed by atoms with Crippen LogP contribution in [0.15, 0.2) is 65.7 Å². The van der Waals surface area contributed by atoms with Crippen LogP contribution in [0.25, 0.3) is 0 Å². The fourth-order valence-electron chi connectivity index (χ4n) is 2.47. The number of nitrogens with zero attached hydrogens (tertiary/aromatic N) is 3. The van der Waals surface area contributed by atoms with Crippen molar-refractivity contribution in [3.8, 4) is 23.6 Å². The summed E-state index contributed by atoms with van der Waals surface area (Å²) < 4.78 is 5.73. The van der Waals surface area contributed by atoms with Crippen molar-refractivity contribution in [2.75, 3.05) is 11.1 Å². The van der Waals surface area contributed by atoms with Crippen molar-refractivity contribution in [2.45, 2.75) is 17.2 Å². The topological polar surface area (TPSA) is 125 Å². The normalized spacial score (nSPS) is 11.0. The zero-order chi connectivity index (χ0) is 21.5. The van der Waals surface area contributed by atoms with Gasteiger partial charge in [0.1, 0.15) is 34.5 Å². The largest absolute Gasteiger partial charge is 0.457 e. The zero-order valence-corrected chi connectivity index (χ0v) is 16.8. The molecule has 0 aliphatic rings. The fourth-order valence-corrected chi connectivity index (χ4v) is 3.35. The van der Waals surface area contributed by atoms with Crippen LogP contribution in [-0.2, 0) is 4.79 Å². The SMILES string of the molecule is C[C@@H](Sc1nc(N)c(C#N)cc1C#N)C(=O)Nc1ccc(Oc2ccccc2)cc1. The summed E-state index contributed by atoms with van der Waals surface area (Å²) in [5.41, 5.74) is 6.68. The molecule has 1 aromatic heterocycles. The Balaban J connectivity index is 1.64. The highest BCUT2D eigenvalue weighted by atomic mass is 32.2. The fraction of sp³-hybridized carbons (Fsp3) is 0.0909. The maximum Gasteiger partial charge on any atom is 0.237 e. The average molecular weight is 415 g/mol. The Morgan fingerprint density at radius 1 is 1.07 bits per heavy atom. The first-order valence-electron chi connectivity index (χ1n) is 8.91. The Labute approximate surface area is 178 Å². The smallest absolute Gasteiger partial charge is 0.237 e. The number of anilines is 2. The van der Waals surface area contributed by atoms with Gasteiger partial charge < -0.3 is 15.8 Å². The van der Waals surface area contributed by atoms with Crippen LogP contribution in [-0.4, -0.2) is 16.1 Å². The molecule has 3 aromatic rings. The van der Waals surface area contributed by atoms with Gasteiger partial charge in [-0.15, -0.1) is 0 Å². The third kappa shape index (κ3) is 5.07. The van der Waals surface area contributed by atoms with Crippen LogP contribution >= 0.6 is 11.8 Å². The number of para-hydroxylation sites is 1. The van der Waals surface area contributed by atoms with Gasteiger partial charge in [0.15, 0.2) is 0 Å². The second-order valence-electron chi connectivity index (χ2n) is 6.19. The van der Waals surface area contributed by atoms with Crippen molar-refractivity contribution in [2.24, 2.45) is 0 Å². The molecular formula is C22H17N5O2S. The number of benzene rings is 2. The predicted molar refractivity (Wildman–Crippen MR) is 115 cm³/mol. The third-order valence-corrected chi connectivity index (χ3v) is 5.12. The maximum absolute atomic E-state index is 12.5. The highest BCUT2D eigenvalue weighted by Crippen LogP contribution is 2.28. The van der Waals surface area contributed by atoms with Gasteiger partial charge in [-0.05, 0) is 49.4 Å². The monoisotopic (exact) mass is 415 g/mol. The van der Waals surface area contributed by atoms with Crippen molar-refractivity contribution in [3.63, 3.8) is 0 Å². The van der Waals surface area contributed by atoms with Crippen LogP contribution in [0, 0.1) is 22.7 Å². The van der Waals surface area contributed by atoms with Crippen molar-refractivity contribution in [1.29, 1.82) is 10.5 Å². The second kappa shape index (κ2) is 9.46. The summed E-state index contributed by atoms with van der Waals surface area (Å²) in [4.78, 5) is 16.6. The second-order valence-corrected chi connectivity index (χ2v) is 7.52. The molecule has 0 radical (unpaired) electrons. The number of carbonyl (C=O) groups is 1. The Bertz CT molecular complexity index is 1140. The van der Waals surface area contributed by atoms with E-state index >= 15 is 0 Å². The Morgan fingerprint density at radius 3 is 2.33 bits per heavy atom. The van der Waals surface area contributed by atoms with Crippen LogP contribution in [0.5, 0.6) is 11.5 Å². The van der Waals surface area contributed by atoms with E-state index in [-0.39, 0.29) is 22.9 Å². The molecule has 1 heterocycles. The van der Waals surface area contributed by atoms with Gasteiger partial charge in [-0.25, -0.2) is 4.98 Å². The minimum Gasteiger partial charge on any atom is -0.457 e. The summed E-state index contributed by atoms with van der Waals surface area (Å²) in [5, 5.41) is 20.9. The first-order chi connectivity index (χ1) is 14.5. The summed E-state index contributed by atoms with van der Waals surface area (Å²) in [7, 11) is 0. The molecule has 0 saturated carbocycles. The number of ether oxygens (including phenoxy) is 1. The molecule has 0 aliphatic heterocycles. The highest BCUT2D eigenvalue weighted by Gasteiger charge is 2.19. The number of hydrogen-bond acceptors (Lipinski definition) is 7. The van der Waals surface area contributed by atoms with E-state index in [4.69, 9.17) is 15.7 Å². The molecule has 0 spiro atoms. The van der Waals surface area contributed by atoms with E-state index in [1.165, 1.54) is 6.07 Å². The molecule has 2 aromatic carbocycles. The van der Waals surface area contributed by atoms with Crippen LogP contribution in [0.1, 0.15) is 18.1 Å². The van der Waals surface area contributed by atoms with E-state index in [0.717, 1.165) is 17.5 Å². The maximum atomic E-state index is 12.5. The van der Waals surface area contributed by atoms with Crippen LogP contribution in [0.2, 0.25) is 0 Å². The van der Waals surface area contributed by atoms with Gasteiger partial charge in [0.05, 0.1) is 16.4 Å². The zero-order valence-electron chi connectivity index (χ0n) is 16.0. The highest BCUT2D eigenvalue weighted by molar-refractivity contribution is 8.00. The summed E-state index contributed by atoms with van der Waals surface area (Å²) in [5.74, 6) is 1.14. The molecule has 30 heavy (non-hydrogen) atoms. The van der Waals surface area contributed by atoms with E-state index in [1.807, 2.05) is 42.5 Å². The van der Waals surface area contributed by atoms with Gasteiger partial charge in [0, 0.05) is 5.69 Å². The first kappa shape index (κ1) is 20.7. The predicted octanol–water partition coefficient (Wildman–Crippen LogP) is 4.32. The quantitative estimate of drug-likeness (QED) is 0.574. The van der Waals surface area contributed by atoms with Gasteiger partial charge in [-0.3, -0.25) is 4.79 Å². The van der Waals surface area contributed by atoms with Gasteiger partial charge in [0.2, 0.25) is 5.91 Å². The number of aromatic nitrogens is 1. The van der Waals surface area contributed by atoms with E-state index in [0.29, 0.717) is 16.5 Å². The molecule has 148 valence electrons. The molecule has 8 heteroatoms. The lowest BCUT2D eigenvalue weighted by atomic mass is 10.2. The van der Waals surface area contributed by atoms with Crippen molar-refractivity contribution < 1.29 is 9.53 Å². The third-order valence-electron chi connectivity index (χ3n) is 4.02. The van der Waals surface area contributed by atoms with Crippen LogP contribution in [0.4, 0.5) is 11.5 Å². The molecule has 1 atom stereocenters. The lowest BCUT2D eigenvalue weighted by Crippen LogP contribution is -2.22. The molecule has 3 N–H and O–H groups in total. The van der Waals surface area contributed by atoms with Gasteiger partial charge >= 0.3 is 0 Å². The number of pyridine rings is 1. The first-order valence-corrected chi connectivity index (χ1v) is 9.79. The van der Waals surface area contributed by atoms with Crippen molar-refractivity contribution in [1.82, 2.24) is 4.98 Å². The Morgan fingerprint density at radius 2 is 1.70 bits per heavy atom. The molecule has 0 saturated heterocycles. The average Bonchev–Trinajstić information content (AvgIpc) is 2.76. The number of rotatable bonds is 6.